The average molecular weight is 378 g/mol. The van der Waals surface area contributed by atoms with Gasteiger partial charge in [0.25, 0.3) is 0 Å². The van der Waals surface area contributed by atoms with Crippen LogP contribution in [0.15, 0.2) is 16.7 Å². The van der Waals surface area contributed by atoms with Gasteiger partial charge >= 0.3 is 6.09 Å². The first kappa shape index (κ1) is 16.5. The molecule has 1 amide bonds. The first-order chi connectivity index (χ1) is 9.79. The molecule has 0 aliphatic carbocycles. The first-order valence-corrected chi connectivity index (χ1v) is 7.97. The van der Waals surface area contributed by atoms with Crippen molar-refractivity contribution in [3.8, 4) is 0 Å². The zero-order chi connectivity index (χ0) is 15.6. The van der Waals surface area contributed by atoms with E-state index < -0.39 is 11.7 Å². The van der Waals surface area contributed by atoms with Crippen LogP contribution in [0.3, 0.4) is 0 Å². The molecule has 1 aromatic rings. The number of halogens is 2. The number of rotatable bonds is 3. The van der Waals surface area contributed by atoms with E-state index in [1.165, 1.54) is 4.90 Å². The lowest BCUT2D eigenvalue weighted by Gasteiger charge is -2.39. The standard InChI is InChI=1S/C14H18BrClN2O3/c1-14(21,7-9-6-12(16)17-8-11(9)15)10-2-4-18(5-3-10)13(19)20/h6,8,10,21H,2-5,7H2,1H3,(H,19,20). The largest absolute Gasteiger partial charge is 0.465 e. The van der Waals surface area contributed by atoms with Gasteiger partial charge in [0, 0.05) is 30.2 Å². The second-order valence-corrected chi connectivity index (χ2v) is 6.92. The number of carbonyl (C=O) groups is 1. The number of aromatic nitrogens is 1. The number of hydrogen-bond acceptors (Lipinski definition) is 3. The second-order valence-electron chi connectivity index (χ2n) is 5.68. The number of amides is 1. The maximum absolute atomic E-state index is 10.9. The van der Waals surface area contributed by atoms with E-state index in [-0.39, 0.29) is 5.92 Å². The molecule has 0 saturated carbocycles. The lowest BCUT2D eigenvalue weighted by Crippen LogP contribution is -2.46. The minimum absolute atomic E-state index is 0.0620. The first-order valence-electron chi connectivity index (χ1n) is 6.80. The summed E-state index contributed by atoms with van der Waals surface area (Å²) in [6.07, 6.45) is 2.51. The summed E-state index contributed by atoms with van der Waals surface area (Å²) in [5.74, 6) is 0.0620. The predicted molar refractivity (Wildman–Crippen MR) is 83.6 cm³/mol. The molecule has 1 atom stereocenters. The SMILES string of the molecule is CC(O)(Cc1cc(Cl)ncc1Br)C1CCN(C(=O)O)CC1. The summed E-state index contributed by atoms with van der Waals surface area (Å²) in [6, 6.07) is 1.74. The summed E-state index contributed by atoms with van der Waals surface area (Å²) in [4.78, 5) is 16.3. The molecule has 7 heteroatoms. The van der Waals surface area contributed by atoms with E-state index in [9.17, 15) is 9.90 Å². The van der Waals surface area contributed by atoms with Crippen molar-refractivity contribution in [2.75, 3.05) is 13.1 Å². The fraction of sp³-hybridized carbons (Fsp3) is 0.571. The smallest absolute Gasteiger partial charge is 0.407 e. The molecule has 1 fully saturated rings. The third-order valence-corrected chi connectivity index (χ3v) is 5.02. The highest BCUT2D eigenvalue weighted by molar-refractivity contribution is 9.10. The zero-order valence-corrected chi connectivity index (χ0v) is 14.1. The van der Waals surface area contributed by atoms with E-state index in [4.69, 9.17) is 16.7 Å². The van der Waals surface area contributed by atoms with Crippen LogP contribution >= 0.6 is 27.5 Å². The second kappa shape index (κ2) is 6.50. The van der Waals surface area contributed by atoms with E-state index in [0.29, 0.717) is 37.5 Å². The third-order valence-electron chi connectivity index (χ3n) is 4.09. The molecule has 1 saturated heterocycles. The number of piperidine rings is 1. The molecule has 0 aromatic carbocycles. The Kier molecular flexibility index (Phi) is 5.11. The number of carboxylic acid groups (broad SMARTS) is 1. The fourth-order valence-corrected chi connectivity index (χ4v) is 3.35. The van der Waals surface area contributed by atoms with Crippen molar-refractivity contribution in [2.24, 2.45) is 5.92 Å². The van der Waals surface area contributed by atoms with Gasteiger partial charge in [-0.05, 0) is 53.2 Å². The molecule has 1 unspecified atom stereocenters. The summed E-state index contributed by atoms with van der Waals surface area (Å²) < 4.78 is 0.815. The Morgan fingerprint density at radius 1 is 1.57 bits per heavy atom. The Bertz CT molecular complexity index is 531. The van der Waals surface area contributed by atoms with Crippen LogP contribution in [-0.2, 0) is 6.42 Å². The molecule has 0 bridgehead atoms. The van der Waals surface area contributed by atoms with E-state index in [1.807, 2.05) is 0 Å². The Hall–Kier alpha value is -0.850. The van der Waals surface area contributed by atoms with Crippen LogP contribution in [-0.4, -0.2) is 44.9 Å². The van der Waals surface area contributed by atoms with Crippen molar-refractivity contribution >= 4 is 33.6 Å². The number of nitrogens with zero attached hydrogens (tertiary/aromatic N) is 2. The summed E-state index contributed by atoms with van der Waals surface area (Å²) in [5.41, 5.74) is -0.00157. The van der Waals surface area contributed by atoms with Gasteiger partial charge in [0.1, 0.15) is 5.15 Å². The molecular formula is C14H18BrClN2O3. The summed E-state index contributed by atoms with van der Waals surface area (Å²) in [7, 11) is 0. The average Bonchev–Trinajstić information content (AvgIpc) is 2.43. The van der Waals surface area contributed by atoms with Crippen LogP contribution in [0.25, 0.3) is 0 Å². The van der Waals surface area contributed by atoms with Crippen molar-refractivity contribution in [2.45, 2.75) is 31.8 Å². The number of likely N-dealkylation sites (tertiary alicyclic amines) is 1. The van der Waals surface area contributed by atoms with Crippen molar-refractivity contribution in [3.05, 3.63) is 27.5 Å². The van der Waals surface area contributed by atoms with E-state index in [0.717, 1.165) is 10.0 Å². The Morgan fingerprint density at radius 3 is 2.76 bits per heavy atom. The highest BCUT2D eigenvalue weighted by Gasteiger charge is 2.36. The summed E-state index contributed by atoms with van der Waals surface area (Å²) >= 11 is 9.32. The molecule has 5 nitrogen and oxygen atoms in total. The van der Waals surface area contributed by atoms with Crippen molar-refractivity contribution in [3.63, 3.8) is 0 Å². The van der Waals surface area contributed by atoms with Crippen molar-refractivity contribution < 1.29 is 15.0 Å². The van der Waals surface area contributed by atoms with Crippen LogP contribution in [0.1, 0.15) is 25.3 Å². The van der Waals surface area contributed by atoms with Gasteiger partial charge in [-0.3, -0.25) is 0 Å². The van der Waals surface area contributed by atoms with Crippen LogP contribution in [0.2, 0.25) is 5.15 Å². The molecule has 1 aliphatic heterocycles. The molecule has 1 aromatic heterocycles. The van der Waals surface area contributed by atoms with Crippen molar-refractivity contribution in [1.82, 2.24) is 9.88 Å². The van der Waals surface area contributed by atoms with E-state index in [1.54, 1.807) is 19.2 Å². The van der Waals surface area contributed by atoms with Gasteiger partial charge < -0.3 is 15.1 Å². The number of pyridine rings is 1. The topological polar surface area (TPSA) is 73.7 Å². The maximum Gasteiger partial charge on any atom is 0.407 e. The quantitative estimate of drug-likeness (QED) is 0.794. The van der Waals surface area contributed by atoms with Gasteiger partial charge in [-0.25, -0.2) is 9.78 Å². The van der Waals surface area contributed by atoms with Gasteiger partial charge in [0.2, 0.25) is 0 Å². The number of aliphatic hydroxyl groups is 1. The Balaban J connectivity index is 2.05. The lowest BCUT2D eigenvalue weighted by atomic mass is 9.78. The minimum Gasteiger partial charge on any atom is -0.465 e. The molecule has 2 rings (SSSR count). The van der Waals surface area contributed by atoms with Crippen LogP contribution < -0.4 is 0 Å². The lowest BCUT2D eigenvalue weighted by molar-refractivity contribution is -0.0256. The van der Waals surface area contributed by atoms with Gasteiger partial charge in [0.15, 0.2) is 0 Å². The zero-order valence-electron chi connectivity index (χ0n) is 11.7. The normalized spacial score (nSPS) is 19.3. The van der Waals surface area contributed by atoms with Gasteiger partial charge in [-0.2, -0.15) is 0 Å². The minimum atomic E-state index is -0.905. The van der Waals surface area contributed by atoms with Crippen LogP contribution in [0, 0.1) is 5.92 Å². The maximum atomic E-state index is 10.9. The Labute approximate surface area is 137 Å². The third kappa shape index (κ3) is 4.08. The molecule has 116 valence electrons. The van der Waals surface area contributed by atoms with Gasteiger partial charge in [-0.1, -0.05) is 11.6 Å². The van der Waals surface area contributed by atoms with Crippen LogP contribution in [0.5, 0.6) is 0 Å². The molecular weight excluding hydrogens is 360 g/mol. The summed E-state index contributed by atoms with van der Waals surface area (Å²) in [5, 5.41) is 20.1. The van der Waals surface area contributed by atoms with E-state index >= 15 is 0 Å². The highest BCUT2D eigenvalue weighted by Crippen LogP contribution is 2.33. The molecule has 0 radical (unpaired) electrons. The fourth-order valence-electron chi connectivity index (χ4n) is 2.81. The predicted octanol–water partition coefficient (Wildman–Crippen LogP) is 3.18. The highest BCUT2D eigenvalue weighted by atomic mass is 79.9. The van der Waals surface area contributed by atoms with Gasteiger partial charge in [0.05, 0.1) is 5.60 Å². The molecule has 21 heavy (non-hydrogen) atoms. The Morgan fingerprint density at radius 2 is 2.19 bits per heavy atom. The summed E-state index contributed by atoms with van der Waals surface area (Å²) in [6.45, 7) is 2.73. The monoisotopic (exact) mass is 376 g/mol. The van der Waals surface area contributed by atoms with Crippen LogP contribution in [0.4, 0.5) is 4.79 Å². The molecule has 1 aliphatic rings. The van der Waals surface area contributed by atoms with E-state index in [2.05, 4.69) is 20.9 Å². The number of hydrogen-bond donors (Lipinski definition) is 2. The molecule has 2 N–H and O–H groups in total. The molecule has 2 heterocycles. The molecule has 0 spiro atoms. The van der Waals surface area contributed by atoms with Crippen molar-refractivity contribution in [1.29, 1.82) is 0 Å². The van der Waals surface area contributed by atoms with Gasteiger partial charge in [-0.15, -0.1) is 0 Å².